The van der Waals surface area contributed by atoms with Crippen molar-refractivity contribution in [3.05, 3.63) is 106 Å². The number of aliphatic hydroxyl groups is 1. The van der Waals surface area contributed by atoms with Crippen molar-refractivity contribution < 1.29 is 31.4 Å². The monoisotopic (exact) mass is 559 g/mol. The lowest BCUT2D eigenvalue weighted by Crippen LogP contribution is -2.19. The molecule has 0 amide bonds. The average molecular weight is 560 g/mol. The van der Waals surface area contributed by atoms with E-state index in [1.165, 1.54) is 42.1 Å². The van der Waals surface area contributed by atoms with Crippen LogP contribution >= 0.6 is 0 Å². The van der Waals surface area contributed by atoms with Gasteiger partial charge in [0.15, 0.2) is 11.6 Å². The topological polar surface area (TPSA) is 111 Å². The van der Waals surface area contributed by atoms with Crippen molar-refractivity contribution in [1.82, 2.24) is 14.5 Å². The van der Waals surface area contributed by atoms with Gasteiger partial charge in [-0.2, -0.15) is 0 Å². The summed E-state index contributed by atoms with van der Waals surface area (Å²) < 4.78 is 73.5. The number of hydrogen-bond acceptors (Lipinski definition) is 7. The fourth-order valence-corrected chi connectivity index (χ4v) is 5.05. The van der Waals surface area contributed by atoms with Gasteiger partial charge in [-0.05, 0) is 41.8 Å². The molecule has 8 nitrogen and oxygen atoms in total. The maximum atomic E-state index is 14.1. The average Bonchev–Trinajstić information content (AvgIpc) is 2.93. The van der Waals surface area contributed by atoms with Crippen LogP contribution in [0.25, 0.3) is 11.3 Å². The largest absolute Gasteiger partial charge is 0.494 e. The summed E-state index contributed by atoms with van der Waals surface area (Å²) in [5, 5.41) is 9.53. The molecule has 12 heteroatoms. The molecule has 0 bridgehead atoms. The van der Waals surface area contributed by atoms with E-state index >= 15 is 0 Å². The highest BCUT2D eigenvalue weighted by molar-refractivity contribution is 7.91. The molecule has 2 aromatic carbocycles. The third kappa shape index (κ3) is 6.70. The van der Waals surface area contributed by atoms with Gasteiger partial charge in [0.05, 0.1) is 31.2 Å². The molecular weight excluding hydrogens is 535 g/mol. The maximum Gasteiger partial charge on any atom is 0.280 e. The molecule has 39 heavy (non-hydrogen) atoms. The summed E-state index contributed by atoms with van der Waals surface area (Å²) in [5.41, 5.74) is -0.290. The number of alkyl halides is 2. The van der Waals surface area contributed by atoms with Crippen LogP contribution in [-0.2, 0) is 16.4 Å². The minimum absolute atomic E-state index is 0.0328. The zero-order chi connectivity index (χ0) is 28.2. The second kappa shape index (κ2) is 11.8. The number of hydrogen-bond donors (Lipinski definition) is 1. The van der Waals surface area contributed by atoms with E-state index in [4.69, 9.17) is 4.74 Å². The fraction of sp³-hybridized carbons (Fsp3) is 0.222. The van der Waals surface area contributed by atoms with Crippen LogP contribution in [-0.4, -0.2) is 40.9 Å². The molecule has 2 heterocycles. The minimum Gasteiger partial charge on any atom is -0.494 e. The zero-order valence-electron chi connectivity index (χ0n) is 20.7. The van der Waals surface area contributed by atoms with Crippen molar-refractivity contribution in [2.45, 2.75) is 30.7 Å². The Morgan fingerprint density at radius 3 is 2.44 bits per heavy atom. The predicted octanol–water partition coefficient (Wildman–Crippen LogP) is 4.34. The molecule has 0 fully saturated rings. The Bertz CT molecular complexity index is 1630. The van der Waals surface area contributed by atoms with Crippen molar-refractivity contribution in [2.24, 2.45) is 0 Å². The molecule has 0 saturated heterocycles. The van der Waals surface area contributed by atoms with Gasteiger partial charge < -0.3 is 14.4 Å². The Balaban J connectivity index is 1.65. The first-order chi connectivity index (χ1) is 18.6. The molecule has 0 saturated carbocycles. The molecule has 1 N–H and O–H groups in total. The Hall–Kier alpha value is -4.03. The van der Waals surface area contributed by atoms with E-state index in [-0.39, 0.29) is 30.0 Å². The van der Waals surface area contributed by atoms with Crippen molar-refractivity contribution in [3.63, 3.8) is 0 Å². The molecule has 0 aliphatic heterocycles. The first kappa shape index (κ1) is 28.0. The lowest BCUT2D eigenvalue weighted by Gasteiger charge is -2.13. The maximum absolute atomic E-state index is 14.1. The molecule has 4 aromatic rings. The normalized spacial score (nSPS) is 12.5. The van der Waals surface area contributed by atoms with Crippen LogP contribution < -0.4 is 10.3 Å². The quantitative estimate of drug-likeness (QED) is 0.288. The van der Waals surface area contributed by atoms with Crippen LogP contribution in [0.1, 0.15) is 35.8 Å². The van der Waals surface area contributed by atoms with Gasteiger partial charge in [0.2, 0.25) is 15.0 Å². The number of nitrogens with zero attached hydrogens (tertiary/aromatic N) is 3. The van der Waals surface area contributed by atoms with Crippen LogP contribution in [0.3, 0.4) is 0 Å². The summed E-state index contributed by atoms with van der Waals surface area (Å²) in [6.45, 7) is -0.0527. The molecule has 0 aliphatic carbocycles. The SMILES string of the molecule is COc1ccc(Cn2cc(-c3cc(C(F)F)nc(S(=O)(=O)CCC(O)c4ccccc4)n3)ccc2=O)cc1F. The van der Waals surface area contributed by atoms with E-state index in [1.807, 2.05) is 0 Å². The molecule has 0 spiro atoms. The molecule has 0 aliphatic rings. The Morgan fingerprint density at radius 2 is 1.77 bits per heavy atom. The summed E-state index contributed by atoms with van der Waals surface area (Å²) in [5.74, 6) is -1.17. The lowest BCUT2D eigenvalue weighted by molar-refractivity contribution is 0.145. The lowest BCUT2D eigenvalue weighted by atomic mass is 10.1. The van der Waals surface area contributed by atoms with Crippen LogP contribution in [0.4, 0.5) is 13.2 Å². The number of sulfone groups is 1. The molecule has 2 aromatic heterocycles. The Kier molecular flexibility index (Phi) is 8.46. The van der Waals surface area contributed by atoms with Gasteiger partial charge in [-0.25, -0.2) is 31.6 Å². The van der Waals surface area contributed by atoms with Gasteiger partial charge in [0.25, 0.3) is 12.0 Å². The van der Waals surface area contributed by atoms with Gasteiger partial charge in [-0.15, -0.1) is 0 Å². The molecule has 1 unspecified atom stereocenters. The molecular formula is C27H24F3N3O5S. The van der Waals surface area contributed by atoms with E-state index in [2.05, 4.69) is 9.97 Å². The van der Waals surface area contributed by atoms with Crippen molar-refractivity contribution in [3.8, 4) is 17.0 Å². The highest BCUT2D eigenvalue weighted by Crippen LogP contribution is 2.26. The number of ether oxygens (including phenoxy) is 1. The van der Waals surface area contributed by atoms with E-state index in [9.17, 15) is 31.5 Å². The number of methoxy groups -OCH3 is 1. The minimum atomic E-state index is -4.27. The highest BCUT2D eigenvalue weighted by atomic mass is 32.2. The summed E-state index contributed by atoms with van der Waals surface area (Å²) in [4.78, 5) is 20.0. The smallest absolute Gasteiger partial charge is 0.280 e. The number of pyridine rings is 1. The zero-order valence-corrected chi connectivity index (χ0v) is 21.5. The van der Waals surface area contributed by atoms with Crippen LogP contribution in [0.15, 0.2) is 82.9 Å². The summed E-state index contributed by atoms with van der Waals surface area (Å²) >= 11 is 0. The Morgan fingerprint density at radius 1 is 1.03 bits per heavy atom. The number of aromatic nitrogens is 3. The van der Waals surface area contributed by atoms with Gasteiger partial charge in [0.1, 0.15) is 5.69 Å². The van der Waals surface area contributed by atoms with Gasteiger partial charge >= 0.3 is 0 Å². The summed E-state index contributed by atoms with van der Waals surface area (Å²) in [7, 11) is -2.94. The highest BCUT2D eigenvalue weighted by Gasteiger charge is 2.24. The standard InChI is InChI=1S/C27H24F3N3O5S/c1-38-24-9-7-17(13-20(24)28)15-33-16-19(8-10-25(33)35)21-14-22(26(29)30)32-27(31-21)39(36,37)12-11-23(34)18-5-3-2-4-6-18/h2-10,13-14,16,23,26,34H,11-12,15H2,1H3. The molecule has 0 radical (unpaired) electrons. The second-order valence-corrected chi connectivity index (χ2v) is 10.7. The van der Waals surface area contributed by atoms with Crippen molar-refractivity contribution in [2.75, 3.05) is 12.9 Å². The van der Waals surface area contributed by atoms with Crippen LogP contribution in [0, 0.1) is 5.82 Å². The third-order valence-electron chi connectivity index (χ3n) is 5.92. The van der Waals surface area contributed by atoms with Gasteiger partial charge in [-0.3, -0.25) is 4.79 Å². The van der Waals surface area contributed by atoms with Gasteiger partial charge in [-0.1, -0.05) is 36.4 Å². The van der Waals surface area contributed by atoms with Crippen LogP contribution in [0.5, 0.6) is 5.75 Å². The Labute approximate surface area is 222 Å². The number of halogens is 3. The van der Waals surface area contributed by atoms with Gasteiger partial charge in [0, 0.05) is 17.8 Å². The molecule has 1 atom stereocenters. The predicted molar refractivity (Wildman–Crippen MR) is 137 cm³/mol. The van der Waals surface area contributed by atoms with E-state index in [0.717, 1.165) is 6.07 Å². The molecule has 4 rings (SSSR count). The first-order valence-corrected chi connectivity index (χ1v) is 13.4. The first-order valence-electron chi connectivity index (χ1n) is 11.7. The summed E-state index contributed by atoms with van der Waals surface area (Å²) in [6, 6.07) is 16.0. The summed E-state index contributed by atoms with van der Waals surface area (Å²) in [6.07, 6.45) is -3.07. The number of rotatable bonds is 10. The fourth-order valence-electron chi connectivity index (χ4n) is 3.85. The number of benzene rings is 2. The van der Waals surface area contributed by atoms with E-state index in [0.29, 0.717) is 11.1 Å². The van der Waals surface area contributed by atoms with E-state index in [1.54, 1.807) is 36.4 Å². The van der Waals surface area contributed by atoms with E-state index < -0.39 is 50.3 Å². The number of aliphatic hydroxyl groups excluding tert-OH is 1. The van der Waals surface area contributed by atoms with Crippen molar-refractivity contribution in [1.29, 1.82) is 0 Å². The third-order valence-corrected chi connectivity index (χ3v) is 7.43. The molecule has 204 valence electrons. The van der Waals surface area contributed by atoms with Crippen molar-refractivity contribution >= 4 is 9.84 Å². The second-order valence-electron chi connectivity index (χ2n) is 8.65. The van der Waals surface area contributed by atoms with Crippen LogP contribution in [0.2, 0.25) is 0 Å².